The summed E-state index contributed by atoms with van der Waals surface area (Å²) in [4.78, 5) is 4.53. The van der Waals surface area contributed by atoms with Gasteiger partial charge in [0, 0.05) is 20.2 Å². The number of benzene rings is 2. The summed E-state index contributed by atoms with van der Waals surface area (Å²) in [5.74, 6) is 1.31. The zero-order valence-electron chi connectivity index (χ0n) is 16.6. The van der Waals surface area contributed by atoms with Crippen LogP contribution in [0.5, 0.6) is 5.75 Å². The van der Waals surface area contributed by atoms with Gasteiger partial charge in [-0.05, 0) is 48.7 Å². The highest BCUT2D eigenvalue weighted by atomic mass is 127. The van der Waals surface area contributed by atoms with Gasteiger partial charge in [0.15, 0.2) is 5.96 Å². The molecular formula is C21H29FIN3O2. The Morgan fingerprint density at radius 3 is 2.39 bits per heavy atom. The predicted octanol–water partition coefficient (Wildman–Crippen LogP) is 4.03. The summed E-state index contributed by atoms with van der Waals surface area (Å²) in [7, 11) is 1.65. The third-order valence-corrected chi connectivity index (χ3v) is 3.94. The highest BCUT2D eigenvalue weighted by Crippen LogP contribution is 2.12. The van der Waals surface area contributed by atoms with Gasteiger partial charge in [0.2, 0.25) is 0 Å². The van der Waals surface area contributed by atoms with Gasteiger partial charge in [-0.3, -0.25) is 0 Å². The van der Waals surface area contributed by atoms with Crippen LogP contribution in [0.15, 0.2) is 47.5 Å². The molecule has 0 bridgehead atoms. The van der Waals surface area contributed by atoms with E-state index >= 15 is 0 Å². The quantitative estimate of drug-likeness (QED) is 0.236. The number of aliphatic imine (C=N–C) groups is 1. The van der Waals surface area contributed by atoms with Crippen LogP contribution in [0.2, 0.25) is 0 Å². The number of rotatable bonds is 9. The van der Waals surface area contributed by atoms with Crippen molar-refractivity contribution in [2.45, 2.75) is 26.9 Å². The summed E-state index contributed by atoms with van der Waals surface area (Å²) >= 11 is 0. The smallest absolute Gasteiger partial charge is 0.191 e. The number of halogens is 2. The van der Waals surface area contributed by atoms with E-state index in [0.29, 0.717) is 37.8 Å². The Bertz CT molecular complexity index is 739. The van der Waals surface area contributed by atoms with Gasteiger partial charge >= 0.3 is 0 Å². The molecule has 0 aliphatic heterocycles. The molecule has 7 heteroatoms. The van der Waals surface area contributed by atoms with Crippen LogP contribution in [0.25, 0.3) is 0 Å². The van der Waals surface area contributed by atoms with Gasteiger partial charge in [-0.2, -0.15) is 0 Å². The van der Waals surface area contributed by atoms with E-state index in [1.54, 1.807) is 20.1 Å². The van der Waals surface area contributed by atoms with Gasteiger partial charge < -0.3 is 20.1 Å². The maximum atomic E-state index is 13.7. The Balaban J connectivity index is 0.00000392. The molecule has 0 saturated carbocycles. The molecule has 0 amide bonds. The Morgan fingerprint density at radius 1 is 1.04 bits per heavy atom. The second-order valence-electron chi connectivity index (χ2n) is 6.12. The monoisotopic (exact) mass is 501 g/mol. The predicted molar refractivity (Wildman–Crippen MR) is 122 cm³/mol. The van der Waals surface area contributed by atoms with Crippen LogP contribution in [0.3, 0.4) is 0 Å². The SMILES string of the molecule is CCNC(=NCc1ccc(C)c(F)c1)NCc1ccc(OCCOC)cc1.I. The average Bonchev–Trinajstić information content (AvgIpc) is 2.68. The molecule has 0 heterocycles. The van der Waals surface area contributed by atoms with E-state index in [0.717, 1.165) is 23.4 Å². The molecule has 0 atom stereocenters. The van der Waals surface area contributed by atoms with Crippen LogP contribution in [-0.2, 0) is 17.8 Å². The number of nitrogens with one attached hydrogen (secondary N) is 2. The standard InChI is InChI=1S/C21H28FN3O2.HI/c1-4-23-21(25-15-18-6-5-16(2)20(22)13-18)24-14-17-7-9-19(10-8-17)27-12-11-26-3;/h5-10,13H,4,11-12,14-15H2,1-3H3,(H2,23,24,25);1H. The molecule has 0 spiro atoms. The highest BCUT2D eigenvalue weighted by Gasteiger charge is 2.02. The Morgan fingerprint density at radius 2 is 1.75 bits per heavy atom. The first-order valence-electron chi connectivity index (χ1n) is 9.10. The van der Waals surface area contributed by atoms with E-state index in [-0.39, 0.29) is 29.8 Å². The van der Waals surface area contributed by atoms with Crippen molar-refractivity contribution in [1.82, 2.24) is 10.6 Å². The van der Waals surface area contributed by atoms with Crippen molar-refractivity contribution >= 4 is 29.9 Å². The molecule has 2 aromatic rings. The van der Waals surface area contributed by atoms with E-state index in [4.69, 9.17) is 9.47 Å². The first-order valence-corrected chi connectivity index (χ1v) is 9.10. The molecule has 0 fully saturated rings. The molecule has 0 radical (unpaired) electrons. The van der Waals surface area contributed by atoms with Crippen molar-refractivity contribution < 1.29 is 13.9 Å². The molecule has 154 valence electrons. The molecule has 0 aliphatic rings. The van der Waals surface area contributed by atoms with E-state index < -0.39 is 0 Å². The van der Waals surface area contributed by atoms with Gasteiger partial charge in [0.05, 0.1) is 13.2 Å². The lowest BCUT2D eigenvalue weighted by Gasteiger charge is -2.12. The first kappa shape index (κ1) is 24.2. The van der Waals surface area contributed by atoms with Crippen LogP contribution < -0.4 is 15.4 Å². The fourth-order valence-electron chi connectivity index (χ4n) is 2.38. The third kappa shape index (κ3) is 8.43. The fourth-order valence-corrected chi connectivity index (χ4v) is 2.38. The molecule has 0 unspecified atom stereocenters. The lowest BCUT2D eigenvalue weighted by atomic mass is 10.1. The van der Waals surface area contributed by atoms with Gasteiger partial charge in [-0.1, -0.05) is 24.3 Å². The summed E-state index contributed by atoms with van der Waals surface area (Å²) in [6, 6.07) is 13.1. The fraction of sp³-hybridized carbons (Fsp3) is 0.381. The molecule has 2 rings (SSSR count). The van der Waals surface area contributed by atoms with Crippen molar-refractivity contribution in [2.24, 2.45) is 4.99 Å². The maximum absolute atomic E-state index is 13.7. The van der Waals surface area contributed by atoms with Gasteiger partial charge in [-0.15, -0.1) is 24.0 Å². The van der Waals surface area contributed by atoms with Crippen molar-refractivity contribution in [3.8, 4) is 5.75 Å². The molecule has 0 aliphatic carbocycles. The number of hydrogen-bond donors (Lipinski definition) is 2. The second-order valence-corrected chi connectivity index (χ2v) is 6.12. The molecule has 2 aromatic carbocycles. The number of nitrogens with zero attached hydrogens (tertiary/aromatic N) is 1. The minimum absolute atomic E-state index is 0. The van der Waals surface area contributed by atoms with Gasteiger partial charge in [-0.25, -0.2) is 9.38 Å². The minimum Gasteiger partial charge on any atom is -0.491 e. The van der Waals surface area contributed by atoms with Crippen molar-refractivity contribution in [1.29, 1.82) is 0 Å². The largest absolute Gasteiger partial charge is 0.491 e. The minimum atomic E-state index is -0.200. The molecule has 0 saturated heterocycles. The zero-order chi connectivity index (χ0) is 19.5. The van der Waals surface area contributed by atoms with E-state index in [9.17, 15) is 4.39 Å². The molecular weight excluding hydrogens is 472 g/mol. The molecule has 5 nitrogen and oxygen atoms in total. The Hall–Kier alpha value is -1.87. The maximum Gasteiger partial charge on any atom is 0.191 e. The average molecular weight is 501 g/mol. The lowest BCUT2D eigenvalue weighted by Crippen LogP contribution is -2.36. The number of guanidine groups is 1. The normalized spacial score (nSPS) is 10.9. The summed E-state index contributed by atoms with van der Waals surface area (Å²) in [5.41, 5.74) is 2.59. The highest BCUT2D eigenvalue weighted by molar-refractivity contribution is 14.0. The molecule has 2 N–H and O–H groups in total. The Kier molecular flexibility index (Phi) is 11.5. The lowest BCUT2D eigenvalue weighted by molar-refractivity contribution is 0.146. The number of aryl methyl sites for hydroxylation is 1. The van der Waals surface area contributed by atoms with E-state index in [1.165, 1.54) is 6.07 Å². The van der Waals surface area contributed by atoms with Crippen molar-refractivity contribution in [3.63, 3.8) is 0 Å². The summed E-state index contributed by atoms with van der Waals surface area (Å²) in [6.07, 6.45) is 0. The van der Waals surface area contributed by atoms with Gasteiger partial charge in [0.1, 0.15) is 18.2 Å². The van der Waals surface area contributed by atoms with Crippen LogP contribution in [0.1, 0.15) is 23.6 Å². The molecule has 0 aromatic heterocycles. The van der Waals surface area contributed by atoms with Crippen molar-refractivity contribution in [3.05, 3.63) is 65.0 Å². The third-order valence-electron chi connectivity index (χ3n) is 3.94. The van der Waals surface area contributed by atoms with E-state index in [2.05, 4.69) is 15.6 Å². The molecule has 28 heavy (non-hydrogen) atoms. The Labute approximate surface area is 183 Å². The van der Waals surface area contributed by atoms with Crippen LogP contribution >= 0.6 is 24.0 Å². The number of methoxy groups -OCH3 is 1. The zero-order valence-corrected chi connectivity index (χ0v) is 19.0. The summed E-state index contributed by atoms with van der Waals surface area (Å²) in [6.45, 7) is 6.66. The van der Waals surface area contributed by atoms with Crippen LogP contribution in [0, 0.1) is 12.7 Å². The van der Waals surface area contributed by atoms with Crippen molar-refractivity contribution in [2.75, 3.05) is 26.9 Å². The van der Waals surface area contributed by atoms with Gasteiger partial charge in [0.25, 0.3) is 0 Å². The van der Waals surface area contributed by atoms with E-state index in [1.807, 2.05) is 37.3 Å². The topological polar surface area (TPSA) is 54.9 Å². The number of hydrogen-bond acceptors (Lipinski definition) is 3. The second kappa shape index (κ2) is 13.3. The van der Waals surface area contributed by atoms with Crippen LogP contribution in [0.4, 0.5) is 4.39 Å². The summed E-state index contributed by atoms with van der Waals surface area (Å²) < 4.78 is 24.2. The summed E-state index contributed by atoms with van der Waals surface area (Å²) in [5, 5.41) is 6.49. The first-order chi connectivity index (χ1) is 13.1. The number of ether oxygens (including phenoxy) is 2. The van der Waals surface area contributed by atoms with Crippen LogP contribution in [-0.4, -0.2) is 32.8 Å².